The molecule has 0 spiro atoms. The molecule has 19 heavy (non-hydrogen) atoms. The Bertz CT molecular complexity index is 519. The molecule has 1 aromatic carbocycles. The highest BCUT2D eigenvalue weighted by molar-refractivity contribution is 6.39. The Kier molecular flexibility index (Phi) is 3.80. The number of β-amino-alcohol motifs (C(OH)–C–C–N with tert-alkyl or cyclic N) is 1. The van der Waals surface area contributed by atoms with Gasteiger partial charge in [0.25, 0.3) is 0 Å². The first-order chi connectivity index (χ1) is 8.97. The number of nitrogens with zero attached hydrogens (tertiary/aromatic N) is 1. The summed E-state index contributed by atoms with van der Waals surface area (Å²) in [5.41, 5.74) is 0.702. The summed E-state index contributed by atoms with van der Waals surface area (Å²) in [6.45, 7) is 2.13. The molecule has 0 aliphatic carbocycles. The monoisotopic (exact) mass is 266 g/mol. The molecule has 0 radical (unpaired) electrons. The van der Waals surface area contributed by atoms with E-state index in [1.165, 1.54) is 23.1 Å². The van der Waals surface area contributed by atoms with Crippen molar-refractivity contribution >= 4 is 17.5 Å². The van der Waals surface area contributed by atoms with E-state index in [9.17, 15) is 19.1 Å². The maximum absolute atomic E-state index is 13.3. The van der Waals surface area contributed by atoms with Crippen LogP contribution in [0.1, 0.15) is 12.0 Å². The lowest BCUT2D eigenvalue weighted by Gasteiger charge is -2.14. The molecule has 2 amide bonds. The number of benzene rings is 1. The number of amides is 2. The number of nitrogens with one attached hydrogen (secondary N) is 1. The molecular weight excluding hydrogens is 251 g/mol. The minimum absolute atomic E-state index is 0.161. The molecular formula is C13H15FN2O3. The van der Waals surface area contributed by atoms with Crippen molar-refractivity contribution in [2.45, 2.75) is 19.4 Å². The lowest BCUT2D eigenvalue weighted by molar-refractivity contribution is -0.142. The second-order valence-electron chi connectivity index (χ2n) is 4.61. The molecule has 5 nitrogen and oxygen atoms in total. The maximum Gasteiger partial charge on any atom is 0.313 e. The highest BCUT2D eigenvalue weighted by atomic mass is 19.1. The average molecular weight is 266 g/mol. The number of likely N-dealkylation sites (tertiary alicyclic amines) is 1. The van der Waals surface area contributed by atoms with Crippen LogP contribution >= 0.6 is 0 Å². The highest BCUT2D eigenvalue weighted by Gasteiger charge is 2.28. The molecule has 0 saturated carbocycles. The van der Waals surface area contributed by atoms with Crippen molar-refractivity contribution in [3.05, 3.63) is 29.6 Å². The number of aliphatic hydroxyl groups excluding tert-OH is 1. The summed E-state index contributed by atoms with van der Waals surface area (Å²) in [4.78, 5) is 24.7. The standard InChI is InChI=1S/C13H15FN2O3/c1-8-2-3-9(6-11(8)14)15-12(18)13(19)16-5-4-10(17)7-16/h2-3,6,10,17H,4-5,7H2,1H3,(H,15,18)/t10-/m1/s1. The van der Waals surface area contributed by atoms with Crippen LogP contribution in [0, 0.1) is 12.7 Å². The molecule has 1 fully saturated rings. The first-order valence-corrected chi connectivity index (χ1v) is 6.02. The summed E-state index contributed by atoms with van der Waals surface area (Å²) in [6.07, 6.45) is -0.105. The van der Waals surface area contributed by atoms with Crippen LogP contribution in [0.15, 0.2) is 18.2 Å². The highest BCUT2D eigenvalue weighted by Crippen LogP contribution is 2.14. The zero-order valence-corrected chi connectivity index (χ0v) is 10.5. The van der Waals surface area contributed by atoms with E-state index < -0.39 is 23.7 Å². The average Bonchev–Trinajstić information content (AvgIpc) is 2.79. The van der Waals surface area contributed by atoms with E-state index in [1.807, 2.05) is 0 Å². The summed E-state index contributed by atoms with van der Waals surface area (Å²) < 4.78 is 13.3. The zero-order valence-electron chi connectivity index (χ0n) is 10.5. The normalized spacial score (nSPS) is 18.5. The van der Waals surface area contributed by atoms with Crippen LogP contribution in [0.25, 0.3) is 0 Å². The predicted octanol–water partition coefficient (Wildman–Crippen LogP) is 0.666. The molecule has 0 bridgehead atoms. The van der Waals surface area contributed by atoms with Gasteiger partial charge in [-0.05, 0) is 31.0 Å². The van der Waals surface area contributed by atoms with Crippen molar-refractivity contribution in [1.29, 1.82) is 0 Å². The van der Waals surface area contributed by atoms with Crippen LogP contribution < -0.4 is 5.32 Å². The van der Waals surface area contributed by atoms with Crippen molar-refractivity contribution in [1.82, 2.24) is 4.90 Å². The van der Waals surface area contributed by atoms with Gasteiger partial charge in [-0.2, -0.15) is 0 Å². The van der Waals surface area contributed by atoms with Gasteiger partial charge in [0.05, 0.1) is 6.10 Å². The third-order valence-electron chi connectivity index (χ3n) is 3.07. The second kappa shape index (κ2) is 5.36. The fourth-order valence-corrected chi connectivity index (χ4v) is 1.93. The number of anilines is 1. The Balaban J connectivity index is 2.00. The number of carbonyl (C=O) groups is 2. The molecule has 1 aliphatic rings. The first-order valence-electron chi connectivity index (χ1n) is 6.02. The van der Waals surface area contributed by atoms with Crippen molar-refractivity contribution in [2.75, 3.05) is 18.4 Å². The van der Waals surface area contributed by atoms with Gasteiger partial charge in [-0.15, -0.1) is 0 Å². The van der Waals surface area contributed by atoms with E-state index in [4.69, 9.17) is 0 Å². The Morgan fingerprint density at radius 2 is 2.21 bits per heavy atom. The summed E-state index contributed by atoms with van der Waals surface area (Å²) in [5, 5.41) is 11.7. The van der Waals surface area contributed by atoms with Crippen molar-refractivity contribution in [3.63, 3.8) is 0 Å². The Morgan fingerprint density at radius 1 is 1.47 bits per heavy atom. The molecule has 0 unspecified atom stereocenters. The molecule has 2 rings (SSSR count). The minimum atomic E-state index is -0.822. The van der Waals surface area contributed by atoms with Gasteiger partial charge in [0, 0.05) is 18.8 Å². The van der Waals surface area contributed by atoms with Crippen molar-refractivity contribution < 1.29 is 19.1 Å². The molecule has 2 N–H and O–H groups in total. The van der Waals surface area contributed by atoms with E-state index in [0.29, 0.717) is 18.5 Å². The first kappa shape index (κ1) is 13.5. The van der Waals surface area contributed by atoms with Crippen LogP contribution in [0.5, 0.6) is 0 Å². The molecule has 1 aromatic rings. The molecule has 6 heteroatoms. The second-order valence-corrected chi connectivity index (χ2v) is 4.61. The van der Waals surface area contributed by atoms with E-state index in [0.717, 1.165) is 0 Å². The van der Waals surface area contributed by atoms with Gasteiger partial charge in [-0.25, -0.2) is 4.39 Å². The van der Waals surface area contributed by atoms with Gasteiger partial charge in [0.1, 0.15) is 5.82 Å². The van der Waals surface area contributed by atoms with E-state index in [1.54, 1.807) is 6.92 Å². The van der Waals surface area contributed by atoms with Gasteiger partial charge in [0.15, 0.2) is 0 Å². The van der Waals surface area contributed by atoms with Gasteiger partial charge in [-0.3, -0.25) is 9.59 Å². The SMILES string of the molecule is Cc1ccc(NC(=O)C(=O)N2CC[C@@H](O)C2)cc1F. The zero-order chi connectivity index (χ0) is 14.0. The predicted molar refractivity (Wildman–Crippen MR) is 67.0 cm³/mol. The molecule has 0 aromatic heterocycles. The lowest BCUT2D eigenvalue weighted by atomic mass is 10.2. The number of aliphatic hydroxyl groups is 1. The summed E-state index contributed by atoms with van der Waals surface area (Å²) in [6, 6.07) is 4.22. The van der Waals surface area contributed by atoms with Crippen LogP contribution in [-0.4, -0.2) is 41.0 Å². The van der Waals surface area contributed by atoms with Crippen LogP contribution in [-0.2, 0) is 9.59 Å². The van der Waals surface area contributed by atoms with Crippen LogP contribution in [0.4, 0.5) is 10.1 Å². The number of hydrogen-bond donors (Lipinski definition) is 2. The lowest BCUT2D eigenvalue weighted by Crippen LogP contribution is -2.38. The van der Waals surface area contributed by atoms with E-state index in [2.05, 4.69) is 5.32 Å². The van der Waals surface area contributed by atoms with Gasteiger partial charge in [0.2, 0.25) is 0 Å². The van der Waals surface area contributed by atoms with E-state index in [-0.39, 0.29) is 12.2 Å². The Hall–Kier alpha value is -1.95. The minimum Gasteiger partial charge on any atom is -0.391 e. The van der Waals surface area contributed by atoms with E-state index >= 15 is 0 Å². The number of hydrogen-bond acceptors (Lipinski definition) is 3. The maximum atomic E-state index is 13.3. The molecule has 1 aliphatic heterocycles. The third-order valence-corrected chi connectivity index (χ3v) is 3.07. The number of aryl methyl sites for hydroxylation is 1. The number of carbonyl (C=O) groups excluding carboxylic acids is 2. The fraction of sp³-hybridized carbons (Fsp3) is 0.385. The summed E-state index contributed by atoms with van der Waals surface area (Å²) in [5.74, 6) is -1.98. The molecule has 1 heterocycles. The van der Waals surface area contributed by atoms with Gasteiger partial charge in [-0.1, -0.05) is 6.07 Å². The smallest absolute Gasteiger partial charge is 0.313 e. The molecule has 1 saturated heterocycles. The summed E-state index contributed by atoms with van der Waals surface area (Å²) >= 11 is 0. The van der Waals surface area contributed by atoms with Crippen LogP contribution in [0.3, 0.4) is 0 Å². The number of rotatable bonds is 1. The van der Waals surface area contributed by atoms with Crippen molar-refractivity contribution in [3.8, 4) is 0 Å². The van der Waals surface area contributed by atoms with Crippen molar-refractivity contribution in [2.24, 2.45) is 0 Å². The quantitative estimate of drug-likeness (QED) is 0.734. The molecule has 102 valence electrons. The largest absolute Gasteiger partial charge is 0.391 e. The summed E-state index contributed by atoms with van der Waals surface area (Å²) in [7, 11) is 0. The Morgan fingerprint density at radius 3 is 2.79 bits per heavy atom. The molecule has 1 atom stereocenters. The topological polar surface area (TPSA) is 69.6 Å². The fourth-order valence-electron chi connectivity index (χ4n) is 1.93. The van der Waals surface area contributed by atoms with Crippen LogP contribution in [0.2, 0.25) is 0 Å². The Labute approximate surface area is 110 Å². The number of halogens is 1. The third kappa shape index (κ3) is 3.08. The van der Waals surface area contributed by atoms with Gasteiger partial charge < -0.3 is 15.3 Å². The van der Waals surface area contributed by atoms with Gasteiger partial charge >= 0.3 is 11.8 Å².